The smallest absolute Gasteiger partial charge is 0.252 e. The molecule has 4 rings (SSSR count). The number of pyridine rings is 1. The summed E-state index contributed by atoms with van der Waals surface area (Å²) in [4.78, 5) is 19.8. The predicted molar refractivity (Wildman–Crippen MR) is 142 cm³/mol. The highest BCUT2D eigenvalue weighted by Gasteiger charge is 2.33. The summed E-state index contributed by atoms with van der Waals surface area (Å²) >= 11 is 1.70. The highest BCUT2D eigenvalue weighted by molar-refractivity contribution is 7.09. The molecule has 4 aromatic rings. The summed E-state index contributed by atoms with van der Waals surface area (Å²) in [7, 11) is 3.18. The Bertz CT molecular complexity index is 1370. The second-order valence-electron chi connectivity index (χ2n) is 10.2. The number of aromatic nitrogens is 5. The van der Waals surface area contributed by atoms with E-state index < -0.39 is 0 Å². The zero-order chi connectivity index (χ0) is 26.0. The molecule has 0 unspecified atom stereocenters. The lowest BCUT2D eigenvalue weighted by atomic mass is 9.99. The lowest BCUT2D eigenvalue weighted by Crippen LogP contribution is -2.37. The summed E-state index contributed by atoms with van der Waals surface area (Å²) in [5, 5.41) is 15.7. The fourth-order valence-electron chi connectivity index (χ4n) is 4.51. The third-order valence-corrected chi connectivity index (χ3v) is 7.02. The van der Waals surface area contributed by atoms with Crippen molar-refractivity contribution in [1.82, 2.24) is 30.1 Å². The van der Waals surface area contributed by atoms with Gasteiger partial charge in [0.2, 0.25) is 0 Å². The van der Waals surface area contributed by atoms with Gasteiger partial charge >= 0.3 is 0 Å². The van der Waals surface area contributed by atoms with E-state index in [0.717, 1.165) is 11.2 Å². The number of tetrazole rings is 1. The Labute approximate surface area is 215 Å². The van der Waals surface area contributed by atoms with Crippen molar-refractivity contribution >= 4 is 22.2 Å². The monoisotopic (exact) mass is 510 g/mol. The average Bonchev–Trinajstić information content (AvgIpc) is 3.51. The number of ether oxygens (including phenoxy) is 2. The highest BCUT2D eigenvalue weighted by Crippen LogP contribution is 2.34. The number of fused-ring (bicyclic) bond motifs is 1. The number of hydrogen-bond donors (Lipinski definition) is 1. The molecule has 10 heteroatoms. The van der Waals surface area contributed by atoms with Gasteiger partial charge in [0.1, 0.15) is 0 Å². The zero-order valence-electron chi connectivity index (χ0n) is 21.9. The first-order valence-corrected chi connectivity index (χ1v) is 12.8. The summed E-state index contributed by atoms with van der Waals surface area (Å²) in [6.45, 7) is 11.7. The molecule has 0 saturated carbocycles. The number of H-pyrrole nitrogens is 1. The fourth-order valence-corrected chi connectivity index (χ4v) is 5.24. The Morgan fingerprint density at radius 3 is 2.44 bits per heavy atom. The van der Waals surface area contributed by atoms with E-state index >= 15 is 0 Å². The largest absolute Gasteiger partial charge is 0.493 e. The maximum absolute atomic E-state index is 13.2. The quantitative estimate of drug-likeness (QED) is 0.347. The minimum absolute atomic E-state index is 0.109. The molecule has 0 fully saturated rings. The molecular weight excluding hydrogens is 476 g/mol. The average molecular weight is 511 g/mol. The molecular formula is C26H34N6O3S. The second-order valence-corrected chi connectivity index (χ2v) is 11.2. The van der Waals surface area contributed by atoms with Gasteiger partial charge in [-0.2, -0.15) is 0 Å². The molecule has 1 aromatic carbocycles. The number of aromatic amines is 1. The number of nitrogens with zero attached hydrogens (tertiary/aromatic N) is 5. The fraction of sp³-hybridized carbons (Fsp3) is 0.462. The molecule has 3 heterocycles. The van der Waals surface area contributed by atoms with E-state index in [-0.39, 0.29) is 23.1 Å². The van der Waals surface area contributed by atoms with Crippen molar-refractivity contribution in [3.8, 4) is 11.5 Å². The molecule has 0 aliphatic heterocycles. The molecule has 0 aliphatic carbocycles. The number of benzene rings is 1. The molecule has 0 bridgehead atoms. The standard InChI is InChI=1S/C26H34N6O3S/c1-16(2)23(24-28-29-30-32(24)26(3,4)5)31(15-19-9-8-10-36-19)14-18-11-17-12-21(34-6)22(35-7)13-20(17)27-25(18)33/h8-13,16,23H,14-15H2,1-7H3,(H,27,33)/t23-/m1/s1. The van der Waals surface area contributed by atoms with Crippen LogP contribution in [0.2, 0.25) is 0 Å². The number of rotatable bonds is 9. The Morgan fingerprint density at radius 1 is 1.11 bits per heavy atom. The van der Waals surface area contributed by atoms with Gasteiger partial charge in [0.25, 0.3) is 5.56 Å². The topological polar surface area (TPSA) is 98.2 Å². The van der Waals surface area contributed by atoms with Gasteiger partial charge in [-0.15, -0.1) is 16.4 Å². The summed E-state index contributed by atoms with van der Waals surface area (Å²) in [5.41, 5.74) is 0.940. The maximum Gasteiger partial charge on any atom is 0.252 e. The zero-order valence-corrected chi connectivity index (χ0v) is 22.7. The Hall–Kier alpha value is -3.24. The first-order valence-electron chi connectivity index (χ1n) is 12.0. The molecule has 192 valence electrons. The van der Waals surface area contributed by atoms with E-state index in [0.29, 0.717) is 35.7 Å². The third-order valence-electron chi connectivity index (χ3n) is 6.16. The Kier molecular flexibility index (Phi) is 7.46. The van der Waals surface area contributed by atoms with Crippen LogP contribution in [0.3, 0.4) is 0 Å². The highest BCUT2D eigenvalue weighted by atomic mass is 32.1. The van der Waals surface area contributed by atoms with E-state index in [1.165, 1.54) is 4.88 Å². The van der Waals surface area contributed by atoms with Crippen LogP contribution in [0.1, 0.15) is 56.9 Å². The van der Waals surface area contributed by atoms with Crippen LogP contribution in [0.15, 0.2) is 40.5 Å². The van der Waals surface area contributed by atoms with Gasteiger partial charge in [-0.25, -0.2) is 4.68 Å². The van der Waals surface area contributed by atoms with Gasteiger partial charge in [0, 0.05) is 35.0 Å². The van der Waals surface area contributed by atoms with Crippen LogP contribution < -0.4 is 15.0 Å². The molecule has 9 nitrogen and oxygen atoms in total. The normalized spacial score (nSPS) is 13.0. The van der Waals surface area contributed by atoms with Crippen LogP contribution >= 0.6 is 11.3 Å². The minimum Gasteiger partial charge on any atom is -0.493 e. The SMILES string of the molecule is COc1cc2cc(CN(Cc3cccs3)[C@@H](c3nnnn3C(C)(C)C)C(C)C)c(=O)[nH]c2cc1OC. The van der Waals surface area contributed by atoms with Crippen LogP contribution in [-0.4, -0.2) is 44.3 Å². The molecule has 3 aromatic heterocycles. The van der Waals surface area contributed by atoms with Gasteiger partial charge in [0.15, 0.2) is 17.3 Å². The molecule has 0 amide bonds. The van der Waals surface area contributed by atoms with Gasteiger partial charge in [-0.1, -0.05) is 19.9 Å². The van der Waals surface area contributed by atoms with Crippen molar-refractivity contribution in [2.24, 2.45) is 5.92 Å². The van der Waals surface area contributed by atoms with Crippen LogP contribution in [0.25, 0.3) is 10.9 Å². The number of methoxy groups -OCH3 is 2. The van der Waals surface area contributed by atoms with Gasteiger partial charge in [-0.3, -0.25) is 9.69 Å². The van der Waals surface area contributed by atoms with Crippen molar-refractivity contribution in [2.45, 2.75) is 59.3 Å². The molecule has 0 saturated heterocycles. The lowest BCUT2D eigenvalue weighted by Gasteiger charge is -2.35. The van der Waals surface area contributed by atoms with E-state index in [1.807, 2.05) is 22.9 Å². The molecule has 0 spiro atoms. The molecule has 1 N–H and O–H groups in total. The Morgan fingerprint density at radius 2 is 1.83 bits per heavy atom. The van der Waals surface area contributed by atoms with Gasteiger partial charge < -0.3 is 14.5 Å². The van der Waals surface area contributed by atoms with Crippen LogP contribution in [-0.2, 0) is 18.6 Å². The second kappa shape index (κ2) is 10.4. The Balaban J connectivity index is 1.80. The summed E-state index contributed by atoms with van der Waals surface area (Å²) in [6.07, 6.45) is 0. The van der Waals surface area contributed by atoms with Crippen LogP contribution in [0.5, 0.6) is 11.5 Å². The molecule has 0 aliphatic rings. The third kappa shape index (κ3) is 5.29. The van der Waals surface area contributed by atoms with Crippen molar-refractivity contribution in [3.05, 3.63) is 62.3 Å². The van der Waals surface area contributed by atoms with Gasteiger partial charge in [-0.05, 0) is 60.7 Å². The first kappa shape index (κ1) is 25.8. The summed E-state index contributed by atoms with van der Waals surface area (Å²) in [5.74, 6) is 2.17. The van der Waals surface area contributed by atoms with E-state index in [1.54, 1.807) is 31.6 Å². The van der Waals surface area contributed by atoms with E-state index in [4.69, 9.17) is 9.47 Å². The number of nitrogens with one attached hydrogen (secondary N) is 1. The predicted octanol–water partition coefficient (Wildman–Crippen LogP) is 4.75. The lowest BCUT2D eigenvalue weighted by molar-refractivity contribution is 0.121. The first-order chi connectivity index (χ1) is 17.1. The minimum atomic E-state index is -0.281. The van der Waals surface area contributed by atoms with Crippen molar-refractivity contribution in [2.75, 3.05) is 14.2 Å². The van der Waals surface area contributed by atoms with Crippen LogP contribution in [0.4, 0.5) is 0 Å². The van der Waals surface area contributed by atoms with Gasteiger partial charge in [0.05, 0.1) is 31.3 Å². The molecule has 36 heavy (non-hydrogen) atoms. The maximum atomic E-state index is 13.2. The van der Waals surface area contributed by atoms with Crippen LogP contribution in [0, 0.1) is 5.92 Å². The molecule has 1 atom stereocenters. The number of hydrogen-bond acceptors (Lipinski definition) is 8. The number of thiophene rings is 1. The molecule has 0 radical (unpaired) electrons. The van der Waals surface area contributed by atoms with E-state index in [9.17, 15) is 4.79 Å². The van der Waals surface area contributed by atoms with Crippen molar-refractivity contribution < 1.29 is 9.47 Å². The van der Waals surface area contributed by atoms with Crippen molar-refractivity contribution in [1.29, 1.82) is 0 Å². The van der Waals surface area contributed by atoms with E-state index in [2.05, 4.69) is 71.5 Å². The summed E-state index contributed by atoms with van der Waals surface area (Å²) in [6, 6.07) is 9.66. The summed E-state index contributed by atoms with van der Waals surface area (Å²) < 4.78 is 12.8. The van der Waals surface area contributed by atoms with Crippen molar-refractivity contribution in [3.63, 3.8) is 0 Å².